The van der Waals surface area contributed by atoms with Gasteiger partial charge in [0.25, 0.3) is 0 Å². The molecule has 0 amide bonds. The lowest BCUT2D eigenvalue weighted by Crippen LogP contribution is -1.99. The highest BCUT2D eigenvalue weighted by atomic mass is 32.2. The van der Waals surface area contributed by atoms with Gasteiger partial charge in [-0.05, 0) is 36.1 Å². The largest absolute Gasteiger partial charge is 0.481 e. The molecule has 0 atom stereocenters. The molecule has 3 nitrogen and oxygen atoms in total. The molecule has 0 saturated heterocycles. The third-order valence-corrected chi connectivity index (χ3v) is 4.67. The quantitative estimate of drug-likeness (QED) is 0.843. The highest BCUT2D eigenvalue weighted by Crippen LogP contribution is 2.34. The molecule has 0 heterocycles. The Balaban J connectivity index is 2.23. The number of rotatable bonds is 5. The van der Waals surface area contributed by atoms with Crippen LogP contribution in [0.5, 0.6) is 0 Å². The summed E-state index contributed by atoms with van der Waals surface area (Å²) < 4.78 is 0. The molecule has 0 bridgehead atoms. The summed E-state index contributed by atoms with van der Waals surface area (Å²) in [6.07, 6.45) is 1.97. The van der Waals surface area contributed by atoms with E-state index in [0.29, 0.717) is 5.56 Å². The van der Waals surface area contributed by atoms with Crippen molar-refractivity contribution in [3.8, 4) is 6.07 Å². The van der Waals surface area contributed by atoms with Gasteiger partial charge in [0.2, 0.25) is 0 Å². The standard InChI is InChI=1S/C16H13NO2S2/c1-20-14-3-2-4-15(13(14)10-17)21-12-7-5-11(6-8-12)9-16(18)19/h2-8H,9H2,1H3,(H,18,19). The fraction of sp³-hybridized carbons (Fsp3) is 0.125. The molecule has 1 N–H and O–H groups in total. The normalized spacial score (nSPS) is 10.1. The first-order chi connectivity index (χ1) is 10.1. The van der Waals surface area contributed by atoms with E-state index in [9.17, 15) is 10.1 Å². The Morgan fingerprint density at radius 2 is 1.86 bits per heavy atom. The predicted molar refractivity (Wildman–Crippen MR) is 84.8 cm³/mol. The summed E-state index contributed by atoms with van der Waals surface area (Å²) >= 11 is 3.07. The fourth-order valence-electron chi connectivity index (χ4n) is 1.85. The number of carboxylic acids is 1. The second-order valence-corrected chi connectivity index (χ2v) is 6.23. The van der Waals surface area contributed by atoms with Crippen LogP contribution in [0, 0.1) is 11.3 Å². The minimum absolute atomic E-state index is 0.0242. The molecule has 2 rings (SSSR count). The van der Waals surface area contributed by atoms with Crippen LogP contribution >= 0.6 is 23.5 Å². The Morgan fingerprint density at radius 3 is 2.43 bits per heavy atom. The van der Waals surface area contributed by atoms with E-state index in [1.54, 1.807) is 23.9 Å². The van der Waals surface area contributed by atoms with Crippen molar-refractivity contribution in [1.29, 1.82) is 5.26 Å². The molecule has 0 spiro atoms. The lowest BCUT2D eigenvalue weighted by atomic mass is 10.2. The number of hydrogen-bond donors (Lipinski definition) is 1. The molecule has 0 aromatic heterocycles. The average molecular weight is 315 g/mol. The first kappa shape index (κ1) is 15.5. The van der Waals surface area contributed by atoms with E-state index >= 15 is 0 Å². The van der Waals surface area contributed by atoms with Crippen LogP contribution in [0.1, 0.15) is 11.1 Å². The summed E-state index contributed by atoms with van der Waals surface area (Å²) in [6.45, 7) is 0. The SMILES string of the molecule is CSc1cccc(Sc2ccc(CC(=O)O)cc2)c1C#N. The minimum Gasteiger partial charge on any atom is -0.481 e. The van der Waals surface area contributed by atoms with E-state index in [1.165, 1.54) is 11.8 Å². The van der Waals surface area contributed by atoms with E-state index in [0.717, 1.165) is 20.2 Å². The lowest BCUT2D eigenvalue weighted by Gasteiger charge is -2.07. The molecule has 21 heavy (non-hydrogen) atoms. The monoisotopic (exact) mass is 315 g/mol. The third-order valence-electron chi connectivity index (χ3n) is 2.83. The average Bonchev–Trinajstić information content (AvgIpc) is 2.48. The van der Waals surface area contributed by atoms with E-state index in [4.69, 9.17) is 5.11 Å². The number of aliphatic carboxylic acids is 1. The number of nitrogens with zero attached hydrogens (tertiary/aromatic N) is 1. The zero-order valence-corrected chi connectivity index (χ0v) is 13.0. The molecule has 0 aliphatic rings. The van der Waals surface area contributed by atoms with Gasteiger partial charge in [-0.1, -0.05) is 30.0 Å². The molecule has 2 aromatic rings. The van der Waals surface area contributed by atoms with Crippen molar-refractivity contribution in [3.63, 3.8) is 0 Å². The van der Waals surface area contributed by atoms with E-state index < -0.39 is 5.97 Å². The number of benzene rings is 2. The first-order valence-electron chi connectivity index (χ1n) is 6.19. The van der Waals surface area contributed by atoms with Crippen LogP contribution in [0.2, 0.25) is 0 Å². The van der Waals surface area contributed by atoms with Crippen molar-refractivity contribution in [2.24, 2.45) is 0 Å². The molecular weight excluding hydrogens is 302 g/mol. The van der Waals surface area contributed by atoms with E-state index in [2.05, 4.69) is 6.07 Å². The highest BCUT2D eigenvalue weighted by molar-refractivity contribution is 8.00. The van der Waals surface area contributed by atoms with Gasteiger partial charge in [-0.15, -0.1) is 11.8 Å². The number of nitriles is 1. The maximum Gasteiger partial charge on any atom is 0.307 e. The zero-order chi connectivity index (χ0) is 15.2. The van der Waals surface area contributed by atoms with Gasteiger partial charge in [0.1, 0.15) is 6.07 Å². The second kappa shape index (κ2) is 7.21. The summed E-state index contributed by atoms with van der Waals surface area (Å²) in [5.74, 6) is -0.838. The third kappa shape index (κ3) is 4.03. The molecule has 5 heteroatoms. The summed E-state index contributed by atoms with van der Waals surface area (Å²) in [5, 5.41) is 18.1. The van der Waals surface area contributed by atoms with Crippen LogP contribution in [0.3, 0.4) is 0 Å². The van der Waals surface area contributed by atoms with Gasteiger partial charge >= 0.3 is 5.97 Å². The smallest absolute Gasteiger partial charge is 0.307 e. The van der Waals surface area contributed by atoms with Crippen LogP contribution < -0.4 is 0 Å². The zero-order valence-electron chi connectivity index (χ0n) is 11.4. The maximum atomic E-state index is 10.7. The number of thioether (sulfide) groups is 1. The van der Waals surface area contributed by atoms with E-state index in [-0.39, 0.29) is 6.42 Å². The molecule has 0 aliphatic carbocycles. The number of hydrogen-bond acceptors (Lipinski definition) is 4. The van der Waals surface area contributed by atoms with Crippen molar-refractivity contribution in [1.82, 2.24) is 0 Å². The molecule has 106 valence electrons. The van der Waals surface area contributed by atoms with E-state index in [1.807, 2.05) is 36.6 Å². The second-order valence-electron chi connectivity index (χ2n) is 4.26. The van der Waals surface area contributed by atoms with Crippen molar-refractivity contribution >= 4 is 29.5 Å². The van der Waals surface area contributed by atoms with Gasteiger partial charge in [0.15, 0.2) is 0 Å². The molecule has 0 saturated carbocycles. The van der Waals surface area contributed by atoms with Gasteiger partial charge in [0, 0.05) is 14.7 Å². The first-order valence-corrected chi connectivity index (χ1v) is 8.24. The molecular formula is C16H13NO2S2. The number of carbonyl (C=O) groups is 1. The van der Waals surface area contributed by atoms with Gasteiger partial charge < -0.3 is 5.11 Å². The van der Waals surface area contributed by atoms with Gasteiger partial charge in [-0.3, -0.25) is 4.79 Å². The fourth-order valence-corrected chi connectivity index (χ4v) is 3.42. The van der Waals surface area contributed by atoms with Crippen molar-refractivity contribution in [2.75, 3.05) is 6.26 Å². The number of carboxylic acid groups (broad SMARTS) is 1. The summed E-state index contributed by atoms with van der Waals surface area (Å²) in [5.41, 5.74) is 1.45. The van der Waals surface area contributed by atoms with Crippen LogP contribution in [0.4, 0.5) is 0 Å². The van der Waals surface area contributed by atoms with Crippen LogP contribution in [-0.2, 0) is 11.2 Å². The van der Waals surface area contributed by atoms with Gasteiger partial charge in [-0.2, -0.15) is 5.26 Å². The van der Waals surface area contributed by atoms with Crippen molar-refractivity contribution < 1.29 is 9.90 Å². The maximum absolute atomic E-state index is 10.7. The van der Waals surface area contributed by atoms with Crippen LogP contribution in [0.25, 0.3) is 0 Å². The molecule has 0 radical (unpaired) electrons. The summed E-state index contributed by atoms with van der Waals surface area (Å²) in [4.78, 5) is 13.5. The van der Waals surface area contributed by atoms with Gasteiger partial charge in [0.05, 0.1) is 12.0 Å². The predicted octanol–water partition coefficient (Wildman–Crippen LogP) is 4.06. The highest BCUT2D eigenvalue weighted by Gasteiger charge is 2.09. The molecule has 0 fully saturated rings. The molecule has 0 unspecified atom stereocenters. The van der Waals surface area contributed by atoms with Crippen LogP contribution in [-0.4, -0.2) is 17.3 Å². The van der Waals surface area contributed by atoms with Gasteiger partial charge in [-0.25, -0.2) is 0 Å². The topological polar surface area (TPSA) is 61.1 Å². The Kier molecular flexibility index (Phi) is 5.32. The Morgan fingerprint density at radius 1 is 1.19 bits per heavy atom. The minimum atomic E-state index is -0.838. The Hall–Kier alpha value is -1.90. The molecule has 0 aliphatic heterocycles. The molecule has 2 aromatic carbocycles. The van der Waals surface area contributed by atoms with Crippen LogP contribution in [0.15, 0.2) is 57.2 Å². The Labute approximate surface area is 132 Å². The van der Waals surface area contributed by atoms with Crippen molar-refractivity contribution in [2.45, 2.75) is 21.1 Å². The summed E-state index contributed by atoms with van der Waals surface area (Å²) in [6, 6.07) is 15.4. The lowest BCUT2D eigenvalue weighted by molar-refractivity contribution is -0.136. The summed E-state index contributed by atoms with van der Waals surface area (Å²) in [7, 11) is 0. The van der Waals surface area contributed by atoms with Crippen molar-refractivity contribution in [3.05, 3.63) is 53.6 Å². The Bertz CT molecular complexity index is 690.